The quantitative estimate of drug-likeness (QED) is 0.0262. The van der Waals surface area contributed by atoms with E-state index in [2.05, 4.69) is 106 Å². The van der Waals surface area contributed by atoms with E-state index < -0.39 is 6.10 Å². The van der Waals surface area contributed by atoms with Gasteiger partial charge in [-0.15, -0.1) is 0 Å². The summed E-state index contributed by atoms with van der Waals surface area (Å²) in [6.45, 7) is 6.44. The number of ether oxygens (including phenoxy) is 3. The number of hydrogen-bond donors (Lipinski definition) is 0. The fourth-order valence-corrected chi connectivity index (χ4v) is 7.85. The summed E-state index contributed by atoms with van der Waals surface area (Å²) < 4.78 is 16.7. The summed E-state index contributed by atoms with van der Waals surface area (Å²) in [6, 6.07) is 0. The first-order valence-corrected chi connectivity index (χ1v) is 28.6. The van der Waals surface area contributed by atoms with E-state index in [1.165, 1.54) is 122 Å². The zero-order valence-corrected chi connectivity index (χ0v) is 44.6. The Hall–Kier alpha value is -3.41. The van der Waals surface area contributed by atoms with Crippen molar-refractivity contribution in [3.05, 3.63) is 85.1 Å². The first kappa shape index (κ1) is 64.6. The van der Waals surface area contributed by atoms with Gasteiger partial charge in [-0.25, -0.2) is 0 Å². The average Bonchev–Trinajstić information content (AvgIpc) is 3.34. The fourth-order valence-electron chi connectivity index (χ4n) is 7.85. The molecule has 0 amide bonds. The molecular weight excluding hydrogens is 841 g/mol. The fraction of sp³-hybridized carbons (Fsp3) is 0.726. The lowest BCUT2D eigenvalue weighted by molar-refractivity contribution is -0.167. The molecule has 0 aromatic rings. The summed E-state index contributed by atoms with van der Waals surface area (Å²) in [4.78, 5) is 37.8. The zero-order chi connectivity index (χ0) is 49.3. The summed E-state index contributed by atoms with van der Waals surface area (Å²) in [7, 11) is 0. The largest absolute Gasteiger partial charge is 0.462 e. The first-order chi connectivity index (χ1) is 33.5. The lowest BCUT2D eigenvalue weighted by Gasteiger charge is -2.18. The van der Waals surface area contributed by atoms with E-state index in [0.29, 0.717) is 19.3 Å². The summed E-state index contributed by atoms with van der Waals surface area (Å²) >= 11 is 0. The van der Waals surface area contributed by atoms with Gasteiger partial charge in [-0.05, 0) is 96.3 Å². The third kappa shape index (κ3) is 53.5. The molecule has 1 atom stereocenters. The summed E-state index contributed by atoms with van der Waals surface area (Å²) in [5.41, 5.74) is 0. The van der Waals surface area contributed by atoms with Gasteiger partial charge in [-0.1, -0.05) is 241 Å². The number of rotatable bonds is 51. The van der Waals surface area contributed by atoms with Crippen molar-refractivity contribution in [2.45, 2.75) is 277 Å². The molecule has 0 radical (unpaired) electrons. The molecule has 0 aliphatic rings. The molecular formula is C62H106O6. The van der Waals surface area contributed by atoms with E-state index in [0.717, 1.165) is 109 Å². The Bertz CT molecular complexity index is 1320. The molecule has 0 fully saturated rings. The molecule has 0 heterocycles. The zero-order valence-electron chi connectivity index (χ0n) is 44.6. The lowest BCUT2D eigenvalue weighted by atomic mass is 10.0. The Morgan fingerprint density at radius 1 is 0.309 bits per heavy atom. The van der Waals surface area contributed by atoms with Gasteiger partial charge >= 0.3 is 17.9 Å². The minimum atomic E-state index is -0.787. The van der Waals surface area contributed by atoms with Crippen LogP contribution in [0.1, 0.15) is 271 Å². The van der Waals surface area contributed by atoms with Gasteiger partial charge in [0.1, 0.15) is 13.2 Å². The van der Waals surface area contributed by atoms with Gasteiger partial charge in [-0.3, -0.25) is 14.4 Å². The monoisotopic (exact) mass is 947 g/mol. The molecule has 390 valence electrons. The first-order valence-electron chi connectivity index (χ1n) is 28.6. The molecule has 0 aliphatic heterocycles. The van der Waals surface area contributed by atoms with Crippen LogP contribution < -0.4 is 0 Å². The summed E-state index contributed by atoms with van der Waals surface area (Å²) in [6.07, 6.45) is 73.2. The van der Waals surface area contributed by atoms with Crippen molar-refractivity contribution in [1.29, 1.82) is 0 Å². The molecule has 0 saturated heterocycles. The highest BCUT2D eigenvalue weighted by Gasteiger charge is 2.19. The predicted octanol–water partition coefficient (Wildman–Crippen LogP) is 19.2. The van der Waals surface area contributed by atoms with Crippen LogP contribution in [0.4, 0.5) is 0 Å². The summed E-state index contributed by atoms with van der Waals surface area (Å²) in [5, 5.41) is 0. The highest BCUT2D eigenvalue weighted by atomic mass is 16.6. The molecule has 0 aliphatic carbocycles. The van der Waals surface area contributed by atoms with Gasteiger partial charge < -0.3 is 14.2 Å². The van der Waals surface area contributed by atoms with Crippen molar-refractivity contribution in [2.75, 3.05) is 13.2 Å². The standard InChI is InChI=1S/C62H106O6/c1-4-7-10-13-16-18-20-22-24-26-27-28-29-30-31-32-33-34-35-37-38-40-42-44-46-49-52-55-61(64)67-58-59(57-66-60(63)54-51-48-15-12-9-6-3)68-62(65)56-53-50-47-45-43-41-39-36-25-23-21-19-17-14-11-8-5-2/h8,11,17,19-20,22-23,25-27,29-30,39,41,59H,4-7,9-10,12-16,18,21,24,28,31-38,40,42-58H2,1-3H3/b11-8-,19-17-,22-20-,25-23-,27-26-,30-29-,41-39-. The minimum absolute atomic E-state index is 0.0869. The second kappa shape index (κ2) is 56.2. The van der Waals surface area contributed by atoms with Gasteiger partial charge in [-0.2, -0.15) is 0 Å². The number of hydrogen-bond acceptors (Lipinski definition) is 6. The second-order valence-electron chi connectivity index (χ2n) is 18.8. The van der Waals surface area contributed by atoms with Gasteiger partial charge in [0, 0.05) is 19.3 Å². The van der Waals surface area contributed by atoms with Gasteiger partial charge in [0.2, 0.25) is 0 Å². The van der Waals surface area contributed by atoms with Crippen molar-refractivity contribution in [3.63, 3.8) is 0 Å². The molecule has 6 heteroatoms. The predicted molar refractivity (Wildman–Crippen MR) is 293 cm³/mol. The summed E-state index contributed by atoms with van der Waals surface area (Å²) in [5.74, 6) is -0.919. The third-order valence-electron chi connectivity index (χ3n) is 12.1. The SMILES string of the molecule is CC/C=C\C/C=C\C/C=C\C/C=C\CCCCCCC(=O)OC(COC(=O)CCCCCCCC)COC(=O)CCCCCCCCCCCCCC/C=C\C/C=C\C/C=C\CCCCCCC. The molecule has 68 heavy (non-hydrogen) atoms. The maximum absolute atomic E-state index is 12.8. The van der Waals surface area contributed by atoms with Crippen LogP contribution in [-0.4, -0.2) is 37.2 Å². The van der Waals surface area contributed by atoms with Crippen molar-refractivity contribution < 1.29 is 28.6 Å². The second-order valence-corrected chi connectivity index (χ2v) is 18.8. The number of allylic oxidation sites excluding steroid dienone is 14. The molecule has 0 bridgehead atoms. The third-order valence-corrected chi connectivity index (χ3v) is 12.1. The Balaban J connectivity index is 4.14. The van der Waals surface area contributed by atoms with Crippen molar-refractivity contribution in [3.8, 4) is 0 Å². The van der Waals surface area contributed by atoms with Crippen LogP contribution in [0.15, 0.2) is 85.1 Å². The lowest BCUT2D eigenvalue weighted by Crippen LogP contribution is -2.30. The van der Waals surface area contributed by atoms with Crippen LogP contribution in [0.2, 0.25) is 0 Å². The molecule has 0 aromatic carbocycles. The average molecular weight is 948 g/mol. The highest BCUT2D eigenvalue weighted by Crippen LogP contribution is 2.15. The van der Waals surface area contributed by atoms with E-state index in [9.17, 15) is 14.4 Å². The number of unbranched alkanes of at least 4 members (excludes halogenated alkanes) is 26. The number of esters is 3. The minimum Gasteiger partial charge on any atom is -0.462 e. The van der Waals surface area contributed by atoms with Gasteiger partial charge in [0.15, 0.2) is 6.10 Å². The maximum Gasteiger partial charge on any atom is 0.306 e. The van der Waals surface area contributed by atoms with Gasteiger partial charge in [0.25, 0.3) is 0 Å². The molecule has 0 saturated carbocycles. The van der Waals surface area contributed by atoms with Crippen LogP contribution in [-0.2, 0) is 28.6 Å². The topological polar surface area (TPSA) is 78.9 Å². The van der Waals surface area contributed by atoms with E-state index in [4.69, 9.17) is 14.2 Å². The molecule has 0 spiro atoms. The van der Waals surface area contributed by atoms with Crippen LogP contribution in [0.25, 0.3) is 0 Å². The van der Waals surface area contributed by atoms with Gasteiger partial charge in [0.05, 0.1) is 0 Å². The Kier molecular flexibility index (Phi) is 53.4. The number of carbonyl (C=O) groups excluding carboxylic acids is 3. The van der Waals surface area contributed by atoms with E-state index in [1.54, 1.807) is 0 Å². The Labute approximate surface area is 420 Å². The van der Waals surface area contributed by atoms with Crippen molar-refractivity contribution >= 4 is 17.9 Å². The molecule has 0 rings (SSSR count). The van der Waals surface area contributed by atoms with Crippen molar-refractivity contribution in [1.82, 2.24) is 0 Å². The van der Waals surface area contributed by atoms with Crippen molar-refractivity contribution in [2.24, 2.45) is 0 Å². The smallest absolute Gasteiger partial charge is 0.306 e. The Morgan fingerprint density at radius 2 is 0.574 bits per heavy atom. The Morgan fingerprint density at radius 3 is 0.897 bits per heavy atom. The normalized spacial score (nSPS) is 12.7. The molecule has 0 N–H and O–H groups in total. The maximum atomic E-state index is 12.8. The van der Waals surface area contributed by atoms with Crippen LogP contribution >= 0.6 is 0 Å². The van der Waals surface area contributed by atoms with E-state index >= 15 is 0 Å². The van der Waals surface area contributed by atoms with E-state index in [-0.39, 0.29) is 31.1 Å². The van der Waals surface area contributed by atoms with Crippen LogP contribution in [0, 0.1) is 0 Å². The number of carbonyl (C=O) groups is 3. The highest BCUT2D eigenvalue weighted by molar-refractivity contribution is 5.71. The molecule has 6 nitrogen and oxygen atoms in total. The van der Waals surface area contributed by atoms with Crippen LogP contribution in [0.5, 0.6) is 0 Å². The van der Waals surface area contributed by atoms with E-state index in [1.807, 2.05) is 0 Å². The molecule has 1 unspecified atom stereocenters. The van der Waals surface area contributed by atoms with Crippen LogP contribution in [0.3, 0.4) is 0 Å². The molecule has 0 aromatic heterocycles.